The molecule has 0 aromatic heterocycles. The number of hydrogen-bond donors (Lipinski definition) is 2. The summed E-state index contributed by atoms with van der Waals surface area (Å²) in [5.41, 5.74) is 6.83. The minimum absolute atomic E-state index is 0.213. The van der Waals surface area contributed by atoms with E-state index in [4.69, 9.17) is 5.73 Å². The minimum Gasteiger partial charge on any atom is -0.381 e. The molecule has 0 bridgehead atoms. The van der Waals surface area contributed by atoms with Crippen LogP contribution in [-0.4, -0.2) is 5.91 Å². The Hall–Kier alpha value is -2.50. The number of aryl methyl sites for hydroxylation is 1. The molecule has 3 nitrogen and oxygen atoms in total. The van der Waals surface area contributed by atoms with Gasteiger partial charge in [0.1, 0.15) is 0 Å². The third-order valence-electron chi connectivity index (χ3n) is 3.25. The average molecular weight is 308 g/mol. The van der Waals surface area contributed by atoms with Crippen LogP contribution in [0.1, 0.15) is 27.0 Å². The fourth-order valence-corrected chi connectivity index (χ4v) is 2.06. The van der Waals surface area contributed by atoms with Crippen molar-refractivity contribution in [1.82, 2.24) is 0 Å². The quantitative estimate of drug-likeness (QED) is 0.904. The number of halogens is 3. The number of hydrogen-bond acceptors (Lipinski definition) is 2. The van der Waals surface area contributed by atoms with Crippen LogP contribution in [0, 0.1) is 6.92 Å². The first-order valence-electron chi connectivity index (χ1n) is 6.58. The Morgan fingerprint density at radius 3 is 2.55 bits per heavy atom. The van der Waals surface area contributed by atoms with Crippen molar-refractivity contribution < 1.29 is 18.0 Å². The predicted octanol–water partition coefficient (Wildman–Crippen LogP) is 3.72. The van der Waals surface area contributed by atoms with Crippen LogP contribution >= 0.6 is 0 Å². The fourth-order valence-electron chi connectivity index (χ4n) is 2.06. The van der Waals surface area contributed by atoms with E-state index in [1.807, 2.05) is 0 Å². The number of alkyl halides is 3. The molecule has 0 saturated carbocycles. The number of carbonyl (C=O) groups is 1. The molecule has 0 atom stereocenters. The summed E-state index contributed by atoms with van der Waals surface area (Å²) in [6.45, 7) is 1.97. The molecule has 0 aliphatic carbocycles. The van der Waals surface area contributed by atoms with E-state index in [0.717, 1.165) is 17.7 Å². The first kappa shape index (κ1) is 15.9. The zero-order valence-electron chi connectivity index (χ0n) is 11.9. The number of rotatable bonds is 4. The Morgan fingerprint density at radius 2 is 1.91 bits per heavy atom. The van der Waals surface area contributed by atoms with Crippen LogP contribution in [0.2, 0.25) is 0 Å². The highest BCUT2D eigenvalue weighted by Crippen LogP contribution is 2.29. The van der Waals surface area contributed by atoms with Crippen molar-refractivity contribution in [3.05, 3.63) is 64.7 Å². The van der Waals surface area contributed by atoms with Crippen molar-refractivity contribution >= 4 is 11.6 Å². The molecule has 116 valence electrons. The van der Waals surface area contributed by atoms with Crippen LogP contribution in [-0.2, 0) is 12.7 Å². The summed E-state index contributed by atoms with van der Waals surface area (Å²) >= 11 is 0. The molecule has 2 aromatic carbocycles. The van der Waals surface area contributed by atoms with Crippen LogP contribution < -0.4 is 11.1 Å². The van der Waals surface area contributed by atoms with Gasteiger partial charge < -0.3 is 11.1 Å². The maximum atomic E-state index is 12.6. The number of primary amides is 1. The van der Waals surface area contributed by atoms with Crippen LogP contribution in [0.15, 0.2) is 42.5 Å². The molecule has 2 aromatic rings. The number of benzene rings is 2. The molecular formula is C16H15F3N2O. The number of carbonyl (C=O) groups excluding carboxylic acids is 1. The third kappa shape index (κ3) is 3.78. The topological polar surface area (TPSA) is 55.1 Å². The molecule has 0 radical (unpaired) electrons. The smallest absolute Gasteiger partial charge is 0.381 e. The average Bonchev–Trinajstić information content (AvgIpc) is 2.45. The monoisotopic (exact) mass is 308 g/mol. The first-order valence-corrected chi connectivity index (χ1v) is 6.58. The van der Waals surface area contributed by atoms with Gasteiger partial charge in [0.25, 0.3) is 0 Å². The Morgan fingerprint density at radius 1 is 1.18 bits per heavy atom. The van der Waals surface area contributed by atoms with Crippen LogP contribution in [0.25, 0.3) is 0 Å². The Balaban J connectivity index is 2.14. The fraction of sp³-hybridized carbons (Fsp3) is 0.188. The number of nitrogens with two attached hydrogens (primary N) is 1. The van der Waals surface area contributed by atoms with Gasteiger partial charge in [0.05, 0.1) is 5.56 Å². The van der Waals surface area contributed by atoms with E-state index in [9.17, 15) is 18.0 Å². The minimum atomic E-state index is -4.36. The molecule has 22 heavy (non-hydrogen) atoms. The summed E-state index contributed by atoms with van der Waals surface area (Å²) in [5, 5.41) is 2.99. The van der Waals surface area contributed by atoms with Crippen molar-refractivity contribution in [2.75, 3.05) is 5.32 Å². The lowest BCUT2D eigenvalue weighted by Crippen LogP contribution is -2.13. The molecule has 0 heterocycles. The first-order chi connectivity index (χ1) is 10.3. The van der Waals surface area contributed by atoms with Gasteiger partial charge in [0, 0.05) is 17.8 Å². The normalized spacial score (nSPS) is 11.3. The molecule has 0 aliphatic heterocycles. The van der Waals surface area contributed by atoms with E-state index < -0.39 is 17.6 Å². The Labute approximate surface area is 125 Å². The Bertz CT molecular complexity index is 696. The molecule has 0 fully saturated rings. The Kier molecular flexibility index (Phi) is 4.40. The highest BCUT2D eigenvalue weighted by atomic mass is 19.4. The maximum absolute atomic E-state index is 12.6. The molecule has 6 heteroatoms. The van der Waals surface area contributed by atoms with Crippen molar-refractivity contribution in [2.45, 2.75) is 19.6 Å². The van der Waals surface area contributed by atoms with Gasteiger partial charge in [-0.05, 0) is 42.3 Å². The second-order valence-electron chi connectivity index (χ2n) is 4.95. The second kappa shape index (κ2) is 6.09. The van der Waals surface area contributed by atoms with E-state index in [2.05, 4.69) is 5.32 Å². The molecule has 3 N–H and O–H groups in total. The van der Waals surface area contributed by atoms with E-state index in [1.165, 1.54) is 6.07 Å². The molecule has 0 aliphatic rings. The van der Waals surface area contributed by atoms with Crippen molar-refractivity contribution in [3.8, 4) is 0 Å². The zero-order chi connectivity index (χ0) is 16.3. The molecule has 2 rings (SSSR count). The van der Waals surface area contributed by atoms with Crippen molar-refractivity contribution in [2.24, 2.45) is 5.73 Å². The van der Waals surface area contributed by atoms with Crippen LogP contribution in [0.4, 0.5) is 18.9 Å². The predicted molar refractivity (Wildman–Crippen MR) is 78.5 cm³/mol. The molecule has 1 amide bonds. The van der Waals surface area contributed by atoms with Gasteiger partial charge in [-0.3, -0.25) is 4.79 Å². The molecular weight excluding hydrogens is 293 g/mol. The van der Waals surface area contributed by atoms with Gasteiger partial charge in [-0.1, -0.05) is 18.2 Å². The SMILES string of the molecule is Cc1ccc(NCc2cccc(C(F)(F)F)c2)cc1C(N)=O. The lowest BCUT2D eigenvalue weighted by atomic mass is 10.1. The summed E-state index contributed by atoms with van der Waals surface area (Å²) in [7, 11) is 0. The number of anilines is 1. The largest absolute Gasteiger partial charge is 0.416 e. The lowest BCUT2D eigenvalue weighted by molar-refractivity contribution is -0.137. The summed E-state index contributed by atoms with van der Waals surface area (Å²) in [4.78, 5) is 11.3. The van der Waals surface area contributed by atoms with Gasteiger partial charge in [-0.25, -0.2) is 0 Å². The van der Waals surface area contributed by atoms with E-state index >= 15 is 0 Å². The van der Waals surface area contributed by atoms with Gasteiger partial charge in [-0.2, -0.15) is 13.2 Å². The second-order valence-corrected chi connectivity index (χ2v) is 4.95. The van der Waals surface area contributed by atoms with Gasteiger partial charge >= 0.3 is 6.18 Å². The summed E-state index contributed by atoms with van der Waals surface area (Å²) in [5.74, 6) is -0.541. The highest BCUT2D eigenvalue weighted by Gasteiger charge is 2.30. The van der Waals surface area contributed by atoms with Crippen LogP contribution in [0.3, 0.4) is 0 Å². The van der Waals surface area contributed by atoms with Crippen molar-refractivity contribution in [1.29, 1.82) is 0 Å². The van der Waals surface area contributed by atoms with Gasteiger partial charge in [-0.15, -0.1) is 0 Å². The zero-order valence-corrected chi connectivity index (χ0v) is 11.9. The number of nitrogens with one attached hydrogen (secondary N) is 1. The van der Waals surface area contributed by atoms with E-state index in [-0.39, 0.29) is 6.54 Å². The van der Waals surface area contributed by atoms with Crippen molar-refractivity contribution in [3.63, 3.8) is 0 Å². The highest BCUT2D eigenvalue weighted by molar-refractivity contribution is 5.95. The summed E-state index contributed by atoms with van der Waals surface area (Å²) < 4.78 is 37.9. The van der Waals surface area contributed by atoms with E-state index in [1.54, 1.807) is 31.2 Å². The van der Waals surface area contributed by atoms with Crippen LogP contribution in [0.5, 0.6) is 0 Å². The molecule has 0 unspecified atom stereocenters. The standard InChI is InChI=1S/C16H15F3N2O/c1-10-5-6-13(8-14(10)15(20)22)21-9-11-3-2-4-12(7-11)16(17,18)19/h2-8,21H,9H2,1H3,(H2,20,22). The molecule has 0 spiro atoms. The van der Waals surface area contributed by atoms with E-state index in [0.29, 0.717) is 16.8 Å². The summed E-state index contributed by atoms with van der Waals surface area (Å²) in [6, 6.07) is 10.2. The maximum Gasteiger partial charge on any atom is 0.416 e. The number of amides is 1. The third-order valence-corrected chi connectivity index (χ3v) is 3.25. The lowest BCUT2D eigenvalue weighted by Gasteiger charge is -2.11. The molecule has 0 saturated heterocycles. The van der Waals surface area contributed by atoms with Gasteiger partial charge in [0.2, 0.25) is 5.91 Å². The van der Waals surface area contributed by atoms with Gasteiger partial charge in [0.15, 0.2) is 0 Å². The summed E-state index contributed by atoms with van der Waals surface area (Å²) in [6.07, 6.45) is -4.36.